The van der Waals surface area contributed by atoms with Crippen molar-refractivity contribution in [3.8, 4) is 5.88 Å². The number of nitrogens with zero attached hydrogens (tertiary/aromatic N) is 7. The third kappa shape index (κ3) is 4.56. The summed E-state index contributed by atoms with van der Waals surface area (Å²) in [4.78, 5) is 20.1. The van der Waals surface area contributed by atoms with Crippen LogP contribution >= 0.6 is 11.5 Å². The van der Waals surface area contributed by atoms with E-state index in [1.165, 1.54) is 17.2 Å². The fourth-order valence-corrected chi connectivity index (χ4v) is 3.98. The first-order valence-corrected chi connectivity index (χ1v) is 10.7. The van der Waals surface area contributed by atoms with Gasteiger partial charge in [0.15, 0.2) is 5.82 Å². The minimum Gasteiger partial charge on any atom is -0.474 e. The zero-order valence-electron chi connectivity index (χ0n) is 17.4. The molecule has 1 aliphatic heterocycles. The van der Waals surface area contributed by atoms with Gasteiger partial charge in [0.25, 0.3) is 0 Å². The van der Waals surface area contributed by atoms with Gasteiger partial charge in [-0.3, -0.25) is 4.90 Å². The fourth-order valence-electron chi connectivity index (χ4n) is 3.39. The standard InChI is InChI=1S/C20H27N7OS/c1-14(2)28-19-16-11-15(5-6-17(16)21-13-22-19)27-9-7-26(8-10-27)12-18-23-20(25(3)4)29-24-18/h5-6,11,13-14H,7-10,12H2,1-4H3. The topological polar surface area (TPSA) is 70.5 Å². The van der Waals surface area contributed by atoms with Crippen molar-refractivity contribution < 1.29 is 4.74 Å². The third-order valence-electron chi connectivity index (χ3n) is 4.87. The summed E-state index contributed by atoms with van der Waals surface area (Å²) in [6.07, 6.45) is 1.64. The summed E-state index contributed by atoms with van der Waals surface area (Å²) in [5.74, 6) is 1.56. The number of rotatable bonds is 6. The van der Waals surface area contributed by atoms with Crippen LogP contribution in [0.15, 0.2) is 24.5 Å². The van der Waals surface area contributed by atoms with E-state index in [0.29, 0.717) is 5.88 Å². The quantitative estimate of drug-likeness (QED) is 0.611. The van der Waals surface area contributed by atoms with Gasteiger partial charge in [0.05, 0.1) is 23.6 Å². The number of fused-ring (bicyclic) bond motifs is 1. The first kappa shape index (κ1) is 19.8. The van der Waals surface area contributed by atoms with Gasteiger partial charge in [0.1, 0.15) is 6.33 Å². The maximum Gasteiger partial charge on any atom is 0.224 e. The van der Waals surface area contributed by atoms with Crippen molar-refractivity contribution in [1.29, 1.82) is 0 Å². The van der Waals surface area contributed by atoms with E-state index >= 15 is 0 Å². The van der Waals surface area contributed by atoms with Gasteiger partial charge in [-0.25, -0.2) is 15.0 Å². The highest BCUT2D eigenvalue weighted by Crippen LogP contribution is 2.28. The van der Waals surface area contributed by atoms with E-state index in [9.17, 15) is 0 Å². The molecule has 29 heavy (non-hydrogen) atoms. The van der Waals surface area contributed by atoms with Crippen molar-refractivity contribution >= 4 is 33.3 Å². The summed E-state index contributed by atoms with van der Waals surface area (Å²) in [6.45, 7) is 8.71. The van der Waals surface area contributed by atoms with Crippen LogP contribution in [0.3, 0.4) is 0 Å². The van der Waals surface area contributed by atoms with Gasteiger partial charge in [-0.1, -0.05) is 0 Å². The average Bonchev–Trinajstić information content (AvgIpc) is 3.17. The normalized spacial score (nSPS) is 15.3. The molecule has 0 bridgehead atoms. The third-order valence-corrected chi connectivity index (χ3v) is 5.79. The van der Waals surface area contributed by atoms with E-state index in [4.69, 9.17) is 4.74 Å². The SMILES string of the molecule is CC(C)Oc1ncnc2ccc(N3CCN(Cc4nsc(N(C)C)n4)CC3)cc12. The van der Waals surface area contributed by atoms with Crippen molar-refractivity contribution in [2.24, 2.45) is 0 Å². The summed E-state index contributed by atoms with van der Waals surface area (Å²) < 4.78 is 10.4. The number of anilines is 2. The molecule has 0 unspecified atom stereocenters. The highest BCUT2D eigenvalue weighted by molar-refractivity contribution is 7.09. The Labute approximate surface area is 175 Å². The van der Waals surface area contributed by atoms with Crippen molar-refractivity contribution in [3.05, 3.63) is 30.4 Å². The van der Waals surface area contributed by atoms with Crippen molar-refractivity contribution in [1.82, 2.24) is 24.2 Å². The first-order valence-electron chi connectivity index (χ1n) is 9.88. The molecule has 1 fully saturated rings. The van der Waals surface area contributed by atoms with E-state index in [0.717, 1.165) is 54.6 Å². The molecule has 0 N–H and O–H groups in total. The van der Waals surface area contributed by atoms with Crippen molar-refractivity contribution in [2.45, 2.75) is 26.5 Å². The van der Waals surface area contributed by atoms with Crippen LogP contribution in [0, 0.1) is 0 Å². The van der Waals surface area contributed by atoms with Gasteiger partial charge in [-0.2, -0.15) is 4.37 Å². The number of benzene rings is 1. The van der Waals surface area contributed by atoms with Crippen LogP contribution in [0.4, 0.5) is 10.8 Å². The van der Waals surface area contributed by atoms with E-state index in [-0.39, 0.29) is 6.10 Å². The molecule has 0 aliphatic carbocycles. The zero-order valence-corrected chi connectivity index (χ0v) is 18.2. The molecule has 0 amide bonds. The molecule has 3 aromatic rings. The van der Waals surface area contributed by atoms with Crippen LogP contribution in [0.1, 0.15) is 19.7 Å². The lowest BCUT2D eigenvalue weighted by Crippen LogP contribution is -2.46. The molecule has 1 aliphatic rings. The lowest BCUT2D eigenvalue weighted by molar-refractivity contribution is 0.235. The second-order valence-corrected chi connectivity index (χ2v) is 8.43. The minimum absolute atomic E-state index is 0.0765. The van der Waals surface area contributed by atoms with Crippen LogP contribution in [0.2, 0.25) is 0 Å². The van der Waals surface area contributed by atoms with Crippen LogP contribution in [0.5, 0.6) is 5.88 Å². The van der Waals surface area contributed by atoms with E-state index in [1.807, 2.05) is 38.9 Å². The number of hydrogen-bond donors (Lipinski definition) is 0. The molecular formula is C20H27N7OS. The van der Waals surface area contributed by atoms with E-state index in [1.54, 1.807) is 6.33 Å². The van der Waals surface area contributed by atoms with Crippen molar-refractivity contribution in [3.63, 3.8) is 0 Å². The van der Waals surface area contributed by atoms with Gasteiger partial charge in [-0.05, 0) is 32.0 Å². The van der Waals surface area contributed by atoms with Crippen LogP contribution < -0.4 is 14.5 Å². The molecule has 0 saturated carbocycles. The molecule has 154 valence electrons. The summed E-state index contributed by atoms with van der Waals surface area (Å²) in [6, 6.07) is 6.33. The lowest BCUT2D eigenvalue weighted by Gasteiger charge is -2.35. The molecule has 4 rings (SSSR count). The molecule has 9 heteroatoms. The Kier molecular flexibility index (Phi) is 5.77. The zero-order chi connectivity index (χ0) is 20.4. The fraction of sp³-hybridized carbons (Fsp3) is 0.500. The summed E-state index contributed by atoms with van der Waals surface area (Å²) in [7, 11) is 3.99. The minimum atomic E-state index is 0.0765. The molecule has 1 aromatic carbocycles. The Bertz CT molecular complexity index is 966. The van der Waals surface area contributed by atoms with Crippen LogP contribution in [-0.2, 0) is 6.54 Å². The van der Waals surface area contributed by atoms with Crippen LogP contribution in [0.25, 0.3) is 10.9 Å². The Morgan fingerprint density at radius 1 is 1.14 bits per heavy atom. The summed E-state index contributed by atoms with van der Waals surface area (Å²) in [5, 5.41) is 1.92. The maximum atomic E-state index is 5.88. The van der Waals surface area contributed by atoms with Crippen LogP contribution in [-0.4, -0.2) is 70.6 Å². The maximum absolute atomic E-state index is 5.88. The number of aromatic nitrogens is 4. The monoisotopic (exact) mass is 413 g/mol. The predicted molar refractivity (Wildman–Crippen MR) is 117 cm³/mol. The molecule has 2 aromatic heterocycles. The molecule has 0 radical (unpaired) electrons. The molecule has 0 atom stereocenters. The van der Waals surface area contributed by atoms with E-state index < -0.39 is 0 Å². The van der Waals surface area contributed by atoms with Gasteiger partial charge >= 0.3 is 0 Å². The first-order chi connectivity index (χ1) is 14.0. The molecule has 3 heterocycles. The van der Waals surface area contributed by atoms with Gasteiger partial charge in [-0.15, -0.1) is 0 Å². The summed E-state index contributed by atoms with van der Waals surface area (Å²) in [5.41, 5.74) is 2.09. The predicted octanol–water partition coefficient (Wildman–Crippen LogP) is 2.66. The van der Waals surface area contributed by atoms with Crippen molar-refractivity contribution in [2.75, 3.05) is 50.1 Å². The number of hydrogen-bond acceptors (Lipinski definition) is 9. The summed E-state index contributed by atoms with van der Waals surface area (Å²) >= 11 is 1.45. The Hall–Kier alpha value is -2.52. The van der Waals surface area contributed by atoms with Gasteiger partial charge in [0, 0.05) is 57.5 Å². The Morgan fingerprint density at radius 2 is 1.93 bits per heavy atom. The number of ether oxygens (including phenoxy) is 1. The Morgan fingerprint density at radius 3 is 2.62 bits per heavy atom. The Balaban J connectivity index is 1.43. The molecule has 0 spiro atoms. The average molecular weight is 414 g/mol. The largest absolute Gasteiger partial charge is 0.474 e. The highest BCUT2D eigenvalue weighted by Gasteiger charge is 2.20. The second kappa shape index (κ2) is 8.46. The molecule has 8 nitrogen and oxygen atoms in total. The highest BCUT2D eigenvalue weighted by atomic mass is 32.1. The van der Waals surface area contributed by atoms with E-state index in [2.05, 4.69) is 41.3 Å². The smallest absolute Gasteiger partial charge is 0.224 e. The molecular weight excluding hydrogens is 386 g/mol. The number of piperazine rings is 1. The molecule has 1 saturated heterocycles. The van der Waals surface area contributed by atoms with Gasteiger partial charge < -0.3 is 14.5 Å². The van der Waals surface area contributed by atoms with Gasteiger partial charge in [0.2, 0.25) is 11.0 Å². The lowest BCUT2D eigenvalue weighted by atomic mass is 10.2. The second-order valence-electron chi connectivity index (χ2n) is 7.70.